The van der Waals surface area contributed by atoms with Gasteiger partial charge < -0.3 is 0 Å². The Bertz CT molecular complexity index is 2100. The van der Waals surface area contributed by atoms with Gasteiger partial charge in [0.05, 0.1) is 0 Å². The molecule has 0 radical (unpaired) electrons. The number of hydrogen-bond acceptors (Lipinski definition) is 1. The van der Waals surface area contributed by atoms with E-state index >= 15 is 0 Å². The van der Waals surface area contributed by atoms with Crippen molar-refractivity contribution in [3.63, 3.8) is 0 Å². The minimum atomic E-state index is -5.48. The predicted molar refractivity (Wildman–Crippen MR) is 269 cm³/mol. The fourth-order valence-electron chi connectivity index (χ4n) is 10.7. The molecule has 2 atom stereocenters. The van der Waals surface area contributed by atoms with E-state index in [1.165, 1.54) is 92.5 Å². The topological polar surface area (TPSA) is 3.24 Å². The molecule has 7 heteroatoms. The molecule has 0 fully saturated rings. The molecule has 0 bridgehead atoms. The van der Waals surface area contributed by atoms with Crippen LogP contribution in [0.3, 0.4) is 0 Å². The van der Waals surface area contributed by atoms with E-state index < -0.39 is 32.6 Å². The Morgan fingerprint density at radius 1 is 0.542 bits per heavy atom. The van der Waals surface area contributed by atoms with Crippen molar-refractivity contribution in [1.29, 1.82) is 0 Å². The average Bonchev–Trinajstić information content (AvgIpc) is 3.77. The second-order valence-electron chi connectivity index (χ2n) is 22.0. The number of allylic oxidation sites excluding steroid dienone is 2. The molecule has 2 unspecified atom stereocenters. The quantitative estimate of drug-likeness (QED) is 0.114. The zero-order chi connectivity index (χ0) is 43.4. The summed E-state index contributed by atoms with van der Waals surface area (Å²) >= 11 is -5.48. The van der Waals surface area contributed by atoms with Crippen LogP contribution in [-0.4, -0.2) is 25.6 Å². The Hall–Kier alpha value is -1.72. The van der Waals surface area contributed by atoms with Gasteiger partial charge in [0.1, 0.15) is 0 Å². The molecule has 0 aromatic heterocycles. The summed E-state index contributed by atoms with van der Waals surface area (Å²) in [6, 6.07) is 32.4. The first kappa shape index (κ1) is 46.8. The molecule has 1 nitrogen and oxygen atoms in total. The standard InChI is InChI=1S/2C23H27.C6H19BNSi2.2ClH.Zr/c2*1-5-6-10-17-11-7-8-13-20(17)21-14-9-12-18-15-19(16-22(18)21)23(2,3)4;1-9(2,3)8(7)10(4,5)6;;;/h2*7-9,11-16H,5-6,10H2,1-4H3;7H,1-6H3;2*1H;/q;;+1;;;+1/p-2. The van der Waals surface area contributed by atoms with Crippen LogP contribution in [0.4, 0.5) is 0 Å². The van der Waals surface area contributed by atoms with E-state index in [0.717, 1.165) is 17.8 Å². The molecular weight excluding hydrogens is 868 g/mol. The van der Waals surface area contributed by atoms with Crippen LogP contribution in [0.15, 0.2) is 96.1 Å². The van der Waals surface area contributed by atoms with E-state index in [2.05, 4.69) is 196 Å². The van der Waals surface area contributed by atoms with Gasteiger partial charge in [0.25, 0.3) is 0 Å². The first-order valence-corrected chi connectivity index (χ1v) is 40.4. The monoisotopic (exact) mass is 938 g/mol. The summed E-state index contributed by atoms with van der Waals surface area (Å²) in [5.74, 6) is 0. The molecule has 315 valence electrons. The van der Waals surface area contributed by atoms with E-state index in [4.69, 9.17) is 0 Å². The molecule has 2 aliphatic rings. The molecule has 2 aliphatic carbocycles. The molecule has 0 aliphatic heterocycles. The summed E-state index contributed by atoms with van der Waals surface area (Å²) in [7, 11) is 14.9. The fourth-order valence-corrected chi connectivity index (χ4v) is 53.3. The van der Waals surface area contributed by atoms with Gasteiger partial charge in [0, 0.05) is 0 Å². The van der Waals surface area contributed by atoms with Gasteiger partial charge >= 0.3 is 374 Å². The van der Waals surface area contributed by atoms with Crippen molar-refractivity contribution in [3.05, 3.63) is 129 Å². The van der Waals surface area contributed by atoms with Gasteiger partial charge in [-0.25, -0.2) is 0 Å². The summed E-state index contributed by atoms with van der Waals surface area (Å²) < 4.78 is 2.83. The normalized spacial score (nSPS) is 17.9. The van der Waals surface area contributed by atoms with Crippen LogP contribution in [0.25, 0.3) is 34.4 Å². The number of aryl methyl sites for hydroxylation is 2. The SMILES string of the molecule is CCCCc1ccccc1-c1cccc2c1C=C(C(C)(C)C)[CH]2[Zr]([Cl])([Cl])([BH]N([Si](C)(C)C)[Si](C)(C)C)[CH]1C(C(C)(C)C)=Cc2c(-c3ccccc3CCCC)cccc21. The third-order valence-electron chi connectivity index (χ3n) is 13.3. The molecule has 0 amide bonds. The molecule has 0 N–H and O–H groups in total. The van der Waals surface area contributed by atoms with E-state index in [1.54, 1.807) is 0 Å². The zero-order valence-corrected chi connectivity index (χ0v) is 45.0. The van der Waals surface area contributed by atoms with Gasteiger partial charge in [0.15, 0.2) is 0 Å². The number of rotatable bonds is 14. The van der Waals surface area contributed by atoms with Gasteiger partial charge in [0.2, 0.25) is 0 Å². The minimum absolute atomic E-state index is 0.0603. The van der Waals surface area contributed by atoms with Crippen LogP contribution in [0.2, 0.25) is 39.3 Å². The second kappa shape index (κ2) is 17.1. The van der Waals surface area contributed by atoms with E-state index in [-0.39, 0.29) is 18.1 Å². The van der Waals surface area contributed by atoms with Crippen molar-refractivity contribution in [3.8, 4) is 22.3 Å². The maximum atomic E-state index is 9.36. The summed E-state index contributed by atoms with van der Waals surface area (Å²) in [4.78, 5) is 0.791. The molecule has 0 saturated heterocycles. The van der Waals surface area contributed by atoms with Gasteiger partial charge in [-0.2, -0.15) is 0 Å². The number of halogens is 2. The van der Waals surface area contributed by atoms with Gasteiger partial charge in [-0.15, -0.1) is 0 Å². The van der Waals surface area contributed by atoms with Crippen LogP contribution in [-0.2, 0) is 29.0 Å². The van der Waals surface area contributed by atoms with Crippen LogP contribution in [0, 0.1) is 10.8 Å². The van der Waals surface area contributed by atoms with E-state index in [9.17, 15) is 17.0 Å². The zero-order valence-electron chi connectivity index (χ0n) is 39.0. The molecule has 4 aromatic rings. The van der Waals surface area contributed by atoms with E-state index in [1.807, 2.05) is 0 Å². The molecule has 0 heterocycles. The molecular formula is C52H73BCl2NSi2Zr. The first-order valence-electron chi connectivity index (χ1n) is 22.6. The van der Waals surface area contributed by atoms with Crippen LogP contribution in [0.5, 0.6) is 0 Å². The molecule has 4 aromatic carbocycles. The van der Waals surface area contributed by atoms with Crippen molar-refractivity contribution in [1.82, 2.24) is 4.14 Å². The Labute approximate surface area is 370 Å². The van der Waals surface area contributed by atoms with Gasteiger partial charge in [-0.05, 0) is 0 Å². The van der Waals surface area contributed by atoms with Crippen LogP contribution < -0.4 is 0 Å². The van der Waals surface area contributed by atoms with Crippen LogP contribution in [0.1, 0.15) is 122 Å². The van der Waals surface area contributed by atoms with Crippen molar-refractivity contribution < 1.29 is 16.2 Å². The number of hydrogen-bond donors (Lipinski definition) is 0. The third-order valence-corrected chi connectivity index (χ3v) is 40.2. The Balaban J connectivity index is 1.72. The fraction of sp³-hybridized carbons (Fsp3) is 0.462. The van der Waals surface area contributed by atoms with Gasteiger partial charge in [-0.1, -0.05) is 0 Å². The number of nitrogens with zero attached hydrogens (tertiary/aromatic N) is 1. The number of fused-ring (bicyclic) bond motifs is 2. The molecule has 0 spiro atoms. The Kier molecular flexibility index (Phi) is 13.6. The predicted octanol–water partition coefficient (Wildman–Crippen LogP) is 16.6. The Morgan fingerprint density at radius 2 is 0.898 bits per heavy atom. The van der Waals surface area contributed by atoms with Crippen molar-refractivity contribution in [2.24, 2.45) is 10.8 Å². The van der Waals surface area contributed by atoms with Crippen molar-refractivity contribution in [2.45, 2.75) is 140 Å². The van der Waals surface area contributed by atoms with Crippen molar-refractivity contribution >= 4 is 50.6 Å². The maximum absolute atomic E-state index is 9.36. The third kappa shape index (κ3) is 9.20. The Morgan fingerprint density at radius 3 is 1.24 bits per heavy atom. The second-order valence-corrected chi connectivity index (χ2v) is 54.2. The van der Waals surface area contributed by atoms with E-state index in [0.29, 0.717) is 0 Å². The number of unbranched alkanes of at least 4 members (excludes halogenated alkanes) is 2. The number of benzene rings is 4. The van der Waals surface area contributed by atoms with Crippen LogP contribution >= 0.6 is 17.0 Å². The molecule has 59 heavy (non-hydrogen) atoms. The molecule has 0 saturated carbocycles. The van der Waals surface area contributed by atoms with Crippen molar-refractivity contribution in [2.75, 3.05) is 0 Å². The summed E-state index contributed by atoms with van der Waals surface area (Å²) in [5, 5.41) is 0. The summed E-state index contributed by atoms with van der Waals surface area (Å²) in [6.07, 6.45) is 12.0. The van der Waals surface area contributed by atoms with Gasteiger partial charge in [-0.3, -0.25) is 0 Å². The first-order chi connectivity index (χ1) is 27.4. The molecule has 6 rings (SSSR count). The summed E-state index contributed by atoms with van der Waals surface area (Å²) in [6.45, 7) is 34.1. The average molecular weight is 941 g/mol. The summed E-state index contributed by atoms with van der Waals surface area (Å²) in [5.41, 5.74) is 16.1.